The summed E-state index contributed by atoms with van der Waals surface area (Å²) in [6, 6.07) is 14.5. The number of hydrogen-bond donors (Lipinski definition) is 4. The normalized spacial score (nSPS) is 15.8. The van der Waals surface area contributed by atoms with Crippen molar-refractivity contribution in [1.82, 2.24) is 40.4 Å². The third kappa shape index (κ3) is 14.3. The summed E-state index contributed by atoms with van der Waals surface area (Å²) in [4.78, 5) is 72.4. The molecule has 6 rings (SSSR count). The maximum Gasteiger partial charge on any atom is 0.407 e. The number of carbonyl (C=O) groups is 4. The first kappa shape index (κ1) is 48.5. The van der Waals surface area contributed by atoms with E-state index in [-0.39, 0.29) is 53.5 Å². The van der Waals surface area contributed by atoms with E-state index in [2.05, 4.69) is 84.0 Å². The fourth-order valence-corrected chi connectivity index (χ4v) is 8.38. The summed E-state index contributed by atoms with van der Waals surface area (Å²) < 4.78 is 16.0. The number of imidazole rings is 2. The molecule has 2 unspecified atom stereocenters. The van der Waals surface area contributed by atoms with Crippen LogP contribution in [0.2, 0.25) is 0 Å². The largest absolute Gasteiger partial charge is 0.453 e. The van der Waals surface area contributed by atoms with Crippen LogP contribution in [-0.4, -0.2) is 112 Å². The maximum atomic E-state index is 14.1. The Morgan fingerprint density at radius 1 is 0.677 bits per heavy atom. The number of methoxy groups -OCH3 is 1. The molecule has 2 fully saturated rings. The fourth-order valence-electron chi connectivity index (χ4n) is 8.38. The molecule has 2 aromatic heterocycles. The van der Waals surface area contributed by atoms with Gasteiger partial charge in [-0.25, -0.2) is 14.8 Å². The molecular formula is C50H66N8O7. The lowest BCUT2D eigenvalue weighted by atomic mass is 9.89. The minimum atomic E-state index is -0.737. The second-order valence-corrected chi connectivity index (χ2v) is 19.6. The monoisotopic (exact) mass is 891 g/mol. The molecule has 4 aromatic rings. The quantitative estimate of drug-likeness (QED) is 0.100. The van der Waals surface area contributed by atoms with Crippen LogP contribution in [0.4, 0.5) is 4.79 Å². The first-order valence-electron chi connectivity index (χ1n) is 22.6. The van der Waals surface area contributed by atoms with E-state index in [4.69, 9.17) is 14.2 Å². The number of aromatic amines is 2. The number of alkyl carbamates (subject to hydrolysis) is 1. The van der Waals surface area contributed by atoms with Gasteiger partial charge in [-0.2, -0.15) is 0 Å². The lowest BCUT2D eigenvalue weighted by molar-refractivity contribution is -0.140. The molecule has 15 nitrogen and oxygen atoms in total. The second kappa shape index (κ2) is 21.8. The summed E-state index contributed by atoms with van der Waals surface area (Å²) >= 11 is 0. The molecule has 4 heterocycles. The first-order valence-corrected chi connectivity index (χ1v) is 22.6. The number of nitrogens with zero attached hydrogens (tertiary/aromatic N) is 4. The maximum absolute atomic E-state index is 14.1. The van der Waals surface area contributed by atoms with Crippen LogP contribution < -0.4 is 10.6 Å². The molecule has 0 radical (unpaired) electrons. The van der Waals surface area contributed by atoms with Crippen molar-refractivity contribution in [2.75, 3.05) is 46.6 Å². The highest BCUT2D eigenvalue weighted by atomic mass is 16.5. The van der Waals surface area contributed by atoms with Gasteiger partial charge in [-0.05, 0) is 83.7 Å². The van der Waals surface area contributed by atoms with Crippen molar-refractivity contribution in [1.29, 1.82) is 0 Å². The number of carbonyl (C=O) groups excluding carboxylic acids is 4. The van der Waals surface area contributed by atoms with Gasteiger partial charge in [0, 0.05) is 57.6 Å². The topological polar surface area (TPSA) is 184 Å². The average molecular weight is 891 g/mol. The Kier molecular flexibility index (Phi) is 16.3. The number of aromatic nitrogens is 4. The number of hydrogen-bond acceptors (Lipinski definition) is 9. The van der Waals surface area contributed by atoms with E-state index < -0.39 is 18.2 Å². The molecule has 65 heavy (non-hydrogen) atoms. The zero-order valence-electron chi connectivity index (χ0n) is 39.2. The van der Waals surface area contributed by atoms with Crippen molar-refractivity contribution >= 4 is 23.8 Å². The third-order valence-corrected chi connectivity index (χ3v) is 11.5. The number of benzene rings is 2. The number of nitrogens with one attached hydrogen (secondary N) is 4. The van der Waals surface area contributed by atoms with E-state index in [1.807, 2.05) is 48.5 Å². The van der Waals surface area contributed by atoms with Gasteiger partial charge >= 0.3 is 6.09 Å². The summed E-state index contributed by atoms with van der Waals surface area (Å²) in [5.41, 5.74) is 4.82. The van der Waals surface area contributed by atoms with Crippen LogP contribution in [-0.2, 0) is 41.7 Å². The Morgan fingerprint density at radius 3 is 1.42 bits per heavy atom. The summed E-state index contributed by atoms with van der Waals surface area (Å²) in [7, 11) is 1.30. The van der Waals surface area contributed by atoms with Crippen LogP contribution in [0.5, 0.6) is 0 Å². The minimum Gasteiger partial charge on any atom is -0.453 e. The number of rotatable bonds is 14. The van der Waals surface area contributed by atoms with Crippen molar-refractivity contribution in [3.05, 3.63) is 83.7 Å². The molecule has 15 heteroatoms. The van der Waals surface area contributed by atoms with Crippen molar-refractivity contribution in [3.8, 4) is 34.4 Å². The molecule has 2 aromatic carbocycles. The first-order chi connectivity index (χ1) is 30.9. The highest BCUT2D eigenvalue weighted by Crippen LogP contribution is 2.27. The smallest absolute Gasteiger partial charge is 0.407 e. The summed E-state index contributed by atoms with van der Waals surface area (Å²) in [6.45, 7) is 17.7. The Hall–Kier alpha value is -5.98. The van der Waals surface area contributed by atoms with Gasteiger partial charge in [-0.15, -0.1) is 0 Å². The Balaban J connectivity index is 1.09. The summed E-state index contributed by atoms with van der Waals surface area (Å²) in [5, 5.41) is 5.75. The van der Waals surface area contributed by atoms with Crippen molar-refractivity contribution in [2.24, 2.45) is 22.7 Å². The molecule has 2 aliphatic rings. The number of H-pyrrole nitrogens is 2. The molecule has 0 spiro atoms. The van der Waals surface area contributed by atoms with Crippen molar-refractivity contribution in [3.63, 3.8) is 0 Å². The van der Waals surface area contributed by atoms with Crippen LogP contribution in [0.15, 0.2) is 60.9 Å². The van der Waals surface area contributed by atoms with Gasteiger partial charge in [-0.1, -0.05) is 77.6 Å². The molecule has 2 aliphatic heterocycles. The SMILES string of the molecule is COC(=O)NC(C(=O)N(Cc1ncc(-c2ccc(C#Cc3ccc(-c4cnc(CN(CC(C)(C)C)C(=O)C(NC(C)=O)C5CCOCC5)[nH]4)cc3)cc2)[nH]1)CC(C)(C)C)C1CCOCC1. The Bertz CT molecular complexity index is 2280. The standard InChI is InChI=1S/C50H66N8O7/c1-33(59)53-44(38-19-23-64-24-20-38)46(60)57(31-49(2,3)4)29-42-51-27-40(54-42)36-15-11-34(12-16-36)9-10-35-13-17-37(18-14-35)41-28-52-43(55-41)30-58(32-50(5,6)7)47(61)45(56-48(62)63-8)39-21-25-65-26-22-39/h11-18,27-28,38-39,44-45H,19-26,29-32H2,1-8H3,(H,51,54)(H,52,55)(H,53,59)(H,56,62). The van der Waals surface area contributed by atoms with E-state index in [9.17, 15) is 19.2 Å². The predicted molar refractivity (Wildman–Crippen MR) is 248 cm³/mol. The molecule has 0 aliphatic carbocycles. The number of amides is 4. The predicted octanol–water partition coefficient (Wildman–Crippen LogP) is 6.70. The lowest BCUT2D eigenvalue weighted by Crippen LogP contribution is -2.54. The van der Waals surface area contributed by atoms with Gasteiger partial charge in [0.1, 0.15) is 23.7 Å². The minimum absolute atomic E-state index is 0.00953. The average Bonchev–Trinajstić information content (AvgIpc) is 3.96. The van der Waals surface area contributed by atoms with E-state index in [1.165, 1.54) is 14.0 Å². The van der Waals surface area contributed by atoms with Gasteiger partial charge in [0.15, 0.2) is 0 Å². The number of ether oxygens (including phenoxy) is 3. The Labute approximate surface area is 383 Å². The third-order valence-electron chi connectivity index (χ3n) is 11.5. The van der Waals surface area contributed by atoms with Crippen LogP contribution in [0, 0.1) is 34.5 Å². The van der Waals surface area contributed by atoms with E-state index in [0.717, 1.165) is 33.6 Å². The van der Waals surface area contributed by atoms with Gasteiger partial charge < -0.3 is 44.6 Å². The molecule has 348 valence electrons. The second-order valence-electron chi connectivity index (χ2n) is 19.6. The molecule has 4 amide bonds. The lowest BCUT2D eigenvalue weighted by Gasteiger charge is -2.36. The van der Waals surface area contributed by atoms with Gasteiger partial charge in [0.25, 0.3) is 0 Å². The van der Waals surface area contributed by atoms with Crippen LogP contribution in [0.3, 0.4) is 0 Å². The summed E-state index contributed by atoms with van der Waals surface area (Å²) in [5.74, 6) is 7.25. The van der Waals surface area contributed by atoms with Crippen molar-refractivity contribution < 1.29 is 33.4 Å². The van der Waals surface area contributed by atoms with Crippen molar-refractivity contribution in [2.45, 2.75) is 99.3 Å². The van der Waals surface area contributed by atoms with E-state index in [0.29, 0.717) is 76.8 Å². The molecule has 2 atom stereocenters. The summed E-state index contributed by atoms with van der Waals surface area (Å²) in [6.07, 6.45) is 5.68. The molecule has 0 bridgehead atoms. The van der Waals surface area contributed by atoms with Gasteiger partial charge in [0.05, 0.1) is 44.0 Å². The van der Waals surface area contributed by atoms with Crippen LogP contribution >= 0.6 is 0 Å². The van der Waals surface area contributed by atoms with Crippen LogP contribution in [0.1, 0.15) is 96.9 Å². The van der Waals surface area contributed by atoms with E-state index >= 15 is 0 Å². The van der Waals surface area contributed by atoms with Gasteiger partial charge in [-0.3, -0.25) is 14.4 Å². The van der Waals surface area contributed by atoms with Crippen LogP contribution in [0.25, 0.3) is 22.5 Å². The highest BCUT2D eigenvalue weighted by molar-refractivity contribution is 5.87. The Morgan fingerprint density at radius 2 is 1.06 bits per heavy atom. The fraction of sp³-hybridized carbons (Fsp3) is 0.520. The molecule has 4 N–H and O–H groups in total. The molecular weight excluding hydrogens is 825 g/mol. The molecule has 0 saturated carbocycles. The zero-order valence-corrected chi connectivity index (χ0v) is 39.2. The highest BCUT2D eigenvalue weighted by Gasteiger charge is 2.37. The van der Waals surface area contributed by atoms with E-state index in [1.54, 1.807) is 22.2 Å². The molecule has 2 saturated heterocycles. The zero-order chi connectivity index (χ0) is 46.7. The van der Waals surface area contributed by atoms with Gasteiger partial charge in [0.2, 0.25) is 17.7 Å².